The first kappa shape index (κ1) is 14.6. The summed E-state index contributed by atoms with van der Waals surface area (Å²) in [5.74, 6) is -0.473. The first-order valence-corrected chi connectivity index (χ1v) is 7.48. The fourth-order valence-electron chi connectivity index (χ4n) is 3.14. The van der Waals surface area contributed by atoms with Crippen LogP contribution in [0.15, 0.2) is 30.3 Å². The molecule has 0 aromatic heterocycles. The Balaban J connectivity index is 1.72. The fourth-order valence-corrected chi connectivity index (χ4v) is 3.14. The third-order valence-electron chi connectivity index (χ3n) is 4.28. The van der Waals surface area contributed by atoms with E-state index in [2.05, 4.69) is 0 Å². The van der Waals surface area contributed by atoms with Crippen molar-refractivity contribution < 1.29 is 14.4 Å². The van der Waals surface area contributed by atoms with E-state index in [1.54, 1.807) is 11.9 Å². The molecule has 2 aliphatic rings. The highest BCUT2D eigenvalue weighted by Crippen LogP contribution is 2.31. The molecule has 1 aromatic carbocycles. The van der Waals surface area contributed by atoms with Crippen LogP contribution >= 0.6 is 0 Å². The molecule has 0 aliphatic carbocycles. The number of carbonyl (C=O) groups is 3. The summed E-state index contributed by atoms with van der Waals surface area (Å²) in [4.78, 5) is 40.4. The van der Waals surface area contributed by atoms with Crippen LogP contribution in [0.25, 0.3) is 0 Å². The summed E-state index contributed by atoms with van der Waals surface area (Å²) in [6.07, 6.45) is 1.85. The molecule has 2 saturated heterocycles. The average Bonchev–Trinajstić information content (AvgIpc) is 3.09. The number of urea groups is 1. The van der Waals surface area contributed by atoms with Crippen LogP contribution in [0, 0.1) is 0 Å². The summed E-state index contributed by atoms with van der Waals surface area (Å²) < 4.78 is 0. The predicted octanol–water partition coefficient (Wildman–Crippen LogP) is 1.24. The molecule has 0 unspecified atom stereocenters. The summed E-state index contributed by atoms with van der Waals surface area (Å²) in [5.41, 5.74) is 1.10. The van der Waals surface area contributed by atoms with Gasteiger partial charge in [0.25, 0.3) is 5.91 Å². The van der Waals surface area contributed by atoms with Gasteiger partial charge in [-0.1, -0.05) is 30.3 Å². The second-order valence-electron chi connectivity index (χ2n) is 5.77. The molecule has 2 heterocycles. The Bertz CT molecular complexity index is 602. The van der Waals surface area contributed by atoms with Crippen LogP contribution in [-0.2, 0) is 9.59 Å². The SMILES string of the molecule is CN1CC(=O)N(CC(=O)N2CCC[C@H]2c2ccccc2)C1=O. The Morgan fingerprint density at radius 1 is 1.23 bits per heavy atom. The molecule has 0 N–H and O–H groups in total. The van der Waals surface area contributed by atoms with Crippen LogP contribution < -0.4 is 0 Å². The van der Waals surface area contributed by atoms with Gasteiger partial charge in [-0.3, -0.25) is 14.5 Å². The van der Waals surface area contributed by atoms with E-state index in [0.29, 0.717) is 6.54 Å². The number of hydrogen-bond donors (Lipinski definition) is 0. The van der Waals surface area contributed by atoms with E-state index in [4.69, 9.17) is 0 Å². The molecule has 3 rings (SSSR count). The van der Waals surface area contributed by atoms with Crippen LogP contribution in [-0.4, -0.2) is 59.2 Å². The number of benzene rings is 1. The topological polar surface area (TPSA) is 60.9 Å². The average molecular weight is 301 g/mol. The third-order valence-corrected chi connectivity index (χ3v) is 4.28. The van der Waals surface area contributed by atoms with Crippen molar-refractivity contribution in [1.82, 2.24) is 14.7 Å². The minimum atomic E-state index is -0.395. The fraction of sp³-hybridized carbons (Fsp3) is 0.438. The highest BCUT2D eigenvalue weighted by Gasteiger charge is 2.37. The molecule has 0 radical (unpaired) electrons. The van der Waals surface area contributed by atoms with Gasteiger partial charge in [0.1, 0.15) is 13.1 Å². The highest BCUT2D eigenvalue weighted by atomic mass is 16.2. The zero-order chi connectivity index (χ0) is 15.7. The zero-order valence-corrected chi connectivity index (χ0v) is 12.6. The molecule has 2 fully saturated rings. The smallest absolute Gasteiger partial charge is 0.327 e. The largest absolute Gasteiger partial charge is 0.334 e. The van der Waals surface area contributed by atoms with Gasteiger partial charge in [-0.15, -0.1) is 0 Å². The predicted molar refractivity (Wildman–Crippen MR) is 79.9 cm³/mol. The first-order valence-electron chi connectivity index (χ1n) is 7.48. The number of nitrogens with zero attached hydrogens (tertiary/aromatic N) is 3. The Morgan fingerprint density at radius 3 is 2.59 bits per heavy atom. The van der Waals surface area contributed by atoms with Crippen molar-refractivity contribution in [2.75, 3.05) is 26.7 Å². The molecule has 1 atom stereocenters. The molecule has 22 heavy (non-hydrogen) atoms. The van der Waals surface area contributed by atoms with E-state index >= 15 is 0 Å². The lowest BCUT2D eigenvalue weighted by atomic mass is 10.0. The third kappa shape index (κ3) is 2.56. The number of amides is 4. The van der Waals surface area contributed by atoms with Crippen molar-refractivity contribution in [2.24, 2.45) is 0 Å². The minimum Gasteiger partial charge on any atom is -0.334 e. The summed E-state index contributed by atoms with van der Waals surface area (Å²) in [7, 11) is 1.56. The van der Waals surface area contributed by atoms with E-state index in [0.717, 1.165) is 23.3 Å². The molecule has 4 amide bonds. The molecule has 1 aromatic rings. The van der Waals surface area contributed by atoms with Crippen LogP contribution in [0.5, 0.6) is 0 Å². The van der Waals surface area contributed by atoms with Crippen molar-refractivity contribution in [2.45, 2.75) is 18.9 Å². The number of likely N-dealkylation sites (N-methyl/N-ethyl adjacent to an activating group) is 1. The second-order valence-corrected chi connectivity index (χ2v) is 5.77. The monoisotopic (exact) mass is 301 g/mol. The molecule has 6 nitrogen and oxygen atoms in total. The molecular weight excluding hydrogens is 282 g/mol. The van der Waals surface area contributed by atoms with E-state index in [9.17, 15) is 14.4 Å². The standard InChI is InChI=1S/C16H19N3O3/c1-17-10-14(20)19(16(17)22)11-15(21)18-9-5-8-13(18)12-6-3-2-4-7-12/h2-4,6-7,13H,5,8-11H2,1H3/t13-/m0/s1. The maximum atomic E-state index is 12.5. The summed E-state index contributed by atoms with van der Waals surface area (Å²) in [5, 5.41) is 0. The lowest BCUT2D eigenvalue weighted by Crippen LogP contribution is -2.43. The molecular formula is C16H19N3O3. The second kappa shape index (κ2) is 5.79. The molecule has 6 heteroatoms. The van der Waals surface area contributed by atoms with E-state index in [1.807, 2.05) is 30.3 Å². The summed E-state index contributed by atoms with van der Waals surface area (Å²) in [6, 6.07) is 9.53. The maximum absolute atomic E-state index is 12.5. The van der Waals surface area contributed by atoms with Crippen molar-refractivity contribution in [3.63, 3.8) is 0 Å². The quantitative estimate of drug-likeness (QED) is 0.789. The van der Waals surface area contributed by atoms with Crippen molar-refractivity contribution in [1.29, 1.82) is 0 Å². The lowest BCUT2D eigenvalue weighted by Gasteiger charge is -2.26. The van der Waals surface area contributed by atoms with Crippen LogP contribution in [0.3, 0.4) is 0 Å². The molecule has 0 bridgehead atoms. The Kier molecular flexibility index (Phi) is 3.83. The van der Waals surface area contributed by atoms with Crippen LogP contribution in [0.4, 0.5) is 4.79 Å². The van der Waals surface area contributed by atoms with E-state index < -0.39 is 6.03 Å². The number of carbonyl (C=O) groups excluding carboxylic acids is 3. The van der Waals surface area contributed by atoms with Crippen LogP contribution in [0.2, 0.25) is 0 Å². The van der Waals surface area contributed by atoms with Crippen molar-refractivity contribution in [3.05, 3.63) is 35.9 Å². The molecule has 0 saturated carbocycles. The van der Waals surface area contributed by atoms with Crippen LogP contribution in [0.1, 0.15) is 24.4 Å². The number of imide groups is 1. The number of rotatable bonds is 3. The molecule has 2 aliphatic heterocycles. The van der Waals surface area contributed by atoms with Gasteiger partial charge in [0, 0.05) is 13.6 Å². The van der Waals surface area contributed by atoms with Gasteiger partial charge in [0.15, 0.2) is 0 Å². The number of hydrogen-bond acceptors (Lipinski definition) is 3. The Hall–Kier alpha value is -2.37. The van der Waals surface area contributed by atoms with E-state index in [-0.39, 0.29) is 30.9 Å². The summed E-state index contributed by atoms with van der Waals surface area (Å²) in [6.45, 7) is 0.560. The number of likely N-dealkylation sites (tertiary alicyclic amines) is 1. The normalized spacial score (nSPS) is 21.9. The van der Waals surface area contributed by atoms with Gasteiger partial charge in [0.05, 0.1) is 6.04 Å². The van der Waals surface area contributed by atoms with Crippen molar-refractivity contribution in [3.8, 4) is 0 Å². The van der Waals surface area contributed by atoms with Gasteiger partial charge in [-0.2, -0.15) is 0 Å². The van der Waals surface area contributed by atoms with Crippen molar-refractivity contribution >= 4 is 17.8 Å². The lowest BCUT2D eigenvalue weighted by molar-refractivity contribution is -0.137. The summed E-state index contributed by atoms with van der Waals surface area (Å²) >= 11 is 0. The van der Waals surface area contributed by atoms with Gasteiger partial charge in [0.2, 0.25) is 5.91 Å². The first-order chi connectivity index (χ1) is 10.6. The maximum Gasteiger partial charge on any atom is 0.327 e. The molecule has 116 valence electrons. The van der Waals surface area contributed by atoms with Gasteiger partial charge in [-0.25, -0.2) is 4.79 Å². The van der Waals surface area contributed by atoms with Gasteiger partial charge in [-0.05, 0) is 18.4 Å². The highest BCUT2D eigenvalue weighted by molar-refractivity contribution is 6.04. The zero-order valence-electron chi connectivity index (χ0n) is 12.6. The van der Waals surface area contributed by atoms with E-state index in [1.165, 1.54) is 4.90 Å². The Morgan fingerprint density at radius 2 is 1.95 bits per heavy atom. The Labute approximate surface area is 129 Å². The van der Waals surface area contributed by atoms with Gasteiger partial charge < -0.3 is 9.80 Å². The molecule has 0 spiro atoms. The van der Waals surface area contributed by atoms with Gasteiger partial charge >= 0.3 is 6.03 Å². The minimum absolute atomic E-state index is 0.0410.